The van der Waals surface area contributed by atoms with Crippen LogP contribution in [0.15, 0.2) is 30.3 Å². The minimum atomic E-state index is -0.216. The third-order valence-electron chi connectivity index (χ3n) is 4.55. The SMILES string of the molecule is CN1C(C)(C)CC(OC(=O)c2ccccc2)CC1(C)C. The second kappa shape index (κ2) is 5.21. The molecule has 1 aliphatic heterocycles. The number of benzene rings is 1. The van der Waals surface area contributed by atoms with E-state index >= 15 is 0 Å². The van der Waals surface area contributed by atoms with Crippen molar-refractivity contribution in [2.75, 3.05) is 7.05 Å². The van der Waals surface area contributed by atoms with E-state index in [2.05, 4.69) is 39.6 Å². The van der Waals surface area contributed by atoms with E-state index in [1.807, 2.05) is 18.2 Å². The van der Waals surface area contributed by atoms with Gasteiger partial charge in [0.25, 0.3) is 0 Å². The molecule has 0 aliphatic carbocycles. The molecule has 3 heteroatoms. The van der Waals surface area contributed by atoms with Gasteiger partial charge in [0.05, 0.1) is 5.56 Å². The van der Waals surface area contributed by atoms with Crippen LogP contribution in [0.3, 0.4) is 0 Å². The number of piperidine rings is 1. The number of hydrogen-bond donors (Lipinski definition) is 0. The van der Waals surface area contributed by atoms with Crippen LogP contribution in [0.25, 0.3) is 0 Å². The maximum absolute atomic E-state index is 12.2. The Morgan fingerprint density at radius 1 is 1.10 bits per heavy atom. The summed E-state index contributed by atoms with van der Waals surface area (Å²) in [5.41, 5.74) is 0.689. The Balaban J connectivity index is 2.09. The van der Waals surface area contributed by atoms with Crippen LogP contribution in [0.1, 0.15) is 50.9 Å². The Bertz CT molecular complexity index is 461. The quantitative estimate of drug-likeness (QED) is 0.774. The third-order valence-corrected chi connectivity index (χ3v) is 4.55. The Hall–Kier alpha value is -1.35. The van der Waals surface area contributed by atoms with Crippen molar-refractivity contribution in [3.05, 3.63) is 35.9 Å². The summed E-state index contributed by atoms with van der Waals surface area (Å²) in [6, 6.07) is 9.22. The fourth-order valence-electron chi connectivity index (χ4n) is 3.16. The van der Waals surface area contributed by atoms with Gasteiger partial charge in [-0.1, -0.05) is 18.2 Å². The Morgan fingerprint density at radius 2 is 1.60 bits per heavy atom. The van der Waals surface area contributed by atoms with Crippen molar-refractivity contribution in [2.45, 2.75) is 57.7 Å². The maximum atomic E-state index is 12.2. The largest absolute Gasteiger partial charge is 0.459 e. The highest BCUT2D eigenvalue weighted by Crippen LogP contribution is 2.38. The van der Waals surface area contributed by atoms with E-state index in [0.717, 1.165) is 12.8 Å². The fourth-order valence-corrected chi connectivity index (χ4v) is 3.16. The van der Waals surface area contributed by atoms with E-state index in [9.17, 15) is 4.79 Å². The molecule has 0 spiro atoms. The van der Waals surface area contributed by atoms with Crippen molar-refractivity contribution < 1.29 is 9.53 Å². The molecule has 0 bridgehead atoms. The van der Waals surface area contributed by atoms with Gasteiger partial charge in [-0.15, -0.1) is 0 Å². The zero-order valence-electron chi connectivity index (χ0n) is 13.1. The number of nitrogens with zero attached hydrogens (tertiary/aromatic N) is 1. The first-order chi connectivity index (χ1) is 9.22. The second-order valence-electron chi connectivity index (χ2n) is 6.99. The number of rotatable bonds is 2. The first kappa shape index (κ1) is 15.0. The molecule has 2 rings (SSSR count). The molecule has 20 heavy (non-hydrogen) atoms. The molecule has 3 nitrogen and oxygen atoms in total. The summed E-state index contributed by atoms with van der Waals surface area (Å²) < 4.78 is 5.73. The lowest BCUT2D eigenvalue weighted by molar-refractivity contribution is -0.0732. The van der Waals surface area contributed by atoms with Crippen LogP contribution in [0.4, 0.5) is 0 Å². The summed E-state index contributed by atoms with van der Waals surface area (Å²) in [4.78, 5) is 14.6. The van der Waals surface area contributed by atoms with Crippen molar-refractivity contribution in [1.29, 1.82) is 0 Å². The molecular formula is C17H25NO2. The molecule has 0 aromatic heterocycles. The van der Waals surface area contributed by atoms with Crippen molar-refractivity contribution >= 4 is 5.97 Å². The molecule has 0 N–H and O–H groups in total. The van der Waals surface area contributed by atoms with Crippen LogP contribution < -0.4 is 0 Å². The standard InChI is InChI=1S/C17H25NO2/c1-16(2)11-14(12-17(3,4)18(16)5)20-15(19)13-9-7-6-8-10-13/h6-10,14H,11-12H2,1-5H3. The molecule has 1 aromatic carbocycles. The summed E-state index contributed by atoms with van der Waals surface area (Å²) >= 11 is 0. The molecule has 0 unspecified atom stereocenters. The number of hydrogen-bond acceptors (Lipinski definition) is 3. The van der Waals surface area contributed by atoms with Crippen LogP contribution in [-0.4, -0.2) is 35.1 Å². The number of likely N-dealkylation sites (tertiary alicyclic amines) is 1. The lowest BCUT2D eigenvalue weighted by Gasteiger charge is -2.53. The van der Waals surface area contributed by atoms with Crippen molar-refractivity contribution in [1.82, 2.24) is 4.90 Å². The average Bonchev–Trinajstić information content (AvgIpc) is 2.36. The molecule has 1 aromatic rings. The summed E-state index contributed by atoms with van der Waals surface area (Å²) in [5.74, 6) is -0.216. The number of carbonyl (C=O) groups is 1. The van der Waals surface area contributed by atoms with Gasteiger partial charge in [0, 0.05) is 23.9 Å². The molecule has 0 saturated carbocycles. The molecular weight excluding hydrogens is 250 g/mol. The number of carbonyl (C=O) groups excluding carboxylic acids is 1. The molecule has 0 radical (unpaired) electrons. The van der Waals surface area contributed by atoms with Gasteiger partial charge in [-0.25, -0.2) is 4.79 Å². The Kier molecular flexibility index (Phi) is 3.92. The van der Waals surface area contributed by atoms with E-state index in [1.54, 1.807) is 12.1 Å². The highest BCUT2D eigenvalue weighted by Gasteiger charge is 2.44. The monoisotopic (exact) mass is 275 g/mol. The lowest BCUT2D eigenvalue weighted by Crippen LogP contribution is -2.60. The maximum Gasteiger partial charge on any atom is 0.338 e. The topological polar surface area (TPSA) is 29.5 Å². The van der Waals surface area contributed by atoms with Crippen LogP contribution in [0, 0.1) is 0 Å². The second-order valence-corrected chi connectivity index (χ2v) is 6.99. The van der Waals surface area contributed by atoms with Crippen molar-refractivity contribution in [2.24, 2.45) is 0 Å². The van der Waals surface area contributed by atoms with Crippen molar-refractivity contribution in [3.8, 4) is 0 Å². The highest BCUT2D eigenvalue weighted by atomic mass is 16.5. The van der Waals surface area contributed by atoms with E-state index in [1.165, 1.54) is 0 Å². The Morgan fingerprint density at radius 3 is 2.10 bits per heavy atom. The van der Waals surface area contributed by atoms with Gasteiger partial charge in [0.15, 0.2) is 0 Å². The van der Waals surface area contributed by atoms with Gasteiger partial charge in [0.1, 0.15) is 6.10 Å². The molecule has 1 aliphatic rings. The normalized spacial score (nSPS) is 22.4. The summed E-state index contributed by atoms with van der Waals surface area (Å²) in [5, 5.41) is 0. The first-order valence-electron chi connectivity index (χ1n) is 7.22. The predicted octanol–water partition coefficient (Wildman–Crippen LogP) is 3.49. The van der Waals surface area contributed by atoms with Gasteiger partial charge < -0.3 is 4.74 Å². The molecule has 110 valence electrons. The average molecular weight is 275 g/mol. The van der Waals surface area contributed by atoms with Gasteiger partial charge in [0.2, 0.25) is 0 Å². The zero-order valence-corrected chi connectivity index (χ0v) is 13.1. The van der Waals surface area contributed by atoms with E-state index in [0.29, 0.717) is 5.56 Å². The molecule has 1 saturated heterocycles. The fraction of sp³-hybridized carbons (Fsp3) is 0.588. The smallest absolute Gasteiger partial charge is 0.338 e. The summed E-state index contributed by atoms with van der Waals surface area (Å²) in [6.07, 6.45) is 1.71. The minimum absolute atomic E-state index is 0.0242. The van der Waals surface area contributed by atoms with Crippen LogP contribution >= 0.6 is 0 Å². The van der Waals surface area contributed by atoms with Crippen LogP contribution in [0.5, 0.6) is 0 Å². The Labute approximate surface area is 121 Å². The highest BCUT2D eigenvalue weighted by molar-refractivity contribution is 5.89. The van der Waals surface area contributed by atoms with Gasteiger partial charge in [-0.3, -0.25) is 4.90 Å². The minimum Gasteiger partial charge on any atom is -0.459 e. The van der Waals surface area contributed by atoms with Gasteiger partial charge in [-0.05, 0) is 46.9 Å². The van der Waals surface area contributed by atoms with Gasteiger partial charge >= 0.3 is 5.97 Å². The van der Waals surface area contributed by atoms with E-state index < -0.39 is 0 Å². The summed E-state index contributed by atoms with van der Waals surface area (Å²) in [7, 11) is 2.15. The van der Waals surface area contributed by atoms with E-state index in [4.69, 9.17) is 4.74 Å². The van der Waals surface area contributed by atoms with Crippen molar-refractivity contribution in [3.63, 3.8) is 0 Å². The van der Waals surface area contributed by atoms with Gasteiger partial charge in [-0.2, -0.15) is 0 Å². The molecule has 1 fully saturated rings. The number of esters is 1. The van der Waals surface area contributed by atoms with E-state index in [-0.39, 0.29) is 23.2 Å². The number of ether oxygens (including phenoxy) is 1. The first-order valence-corrected chi connectivity index (χ1v) is 7.22. The lowest BCUT2D eigenvalue weighted by atomic mass is 9.79. The molecule has 1 heterocycles. The summed E-state index contributed by atoms with van der Waals surface area (Å²) in [6.45, 7) is 8.82. The predicted molar refractivity (Wildman–Crippen MR) is 80.8 cm³/mol. The third kappa shape index (κ3) is 3.04. The zero-order chi connectivity index (χ0) is 15.0. The van der Waals surface area contributed by atoms with Crippen LogP contribution in [-0.2, 0) is 4.74 Å². The molecule has 0 atom stereocenters. The van der Waals surface area contributed by atoms with Crippen LogP contribution in [0.2, 0.25) is 0 Å². The molecule has 0 amide bonds.